The molecule has 66 N–H and O–H groups in total. The van der Waals surface area contributed by atoms with Gasteiger partial charge < -0.3 is 189 Å². The third-order valence-electron chi connectivity index (χ3n) is 0.258. The molecule has 0 saturated heterocycles. The SMILES string of the molecule is N.N.N.N.N.N.N.N.N.N.N.N.N.N.N.NCCO.NCCO.OB(O)O.OB(O)O.OB(O)O.OB(O)O.OB(O)O. The first-order chi connectivity index (χ1) is 12.5. The van der Waals surface area contributed by atoms with Crippen LogP contribution in [0.25, 0.3) is 0 Å². The Morgan fingerprint density at radius 3 is 0.279 bits per heavy atom. The fourth-order valence-electron chi connectivity index (χ4n) is 0. The Balaban J connectivity index is -0.00000000565. The van der Waals surface area contributed by atoms with Crippen LogP contribution in [0.4, 0.5) is 0 Å². The summed E-state index contributed by atoms with van der Waals surface area (Å²) in [4.78, 5) is 0. The van der Waals surface area contributed by atoms with Crippen molar-refractivity contribution < 1.29 is 85.6 Å². The molecular weight excluding hydrogens is 612 g/mol. The van der Waals surface area contributed by atoms with Crippen LogP contribution in [-0.4, -0.2) is 148 Å². The maximum atomic E-state index is 7.75. The van der Waals surface area contributed by atoms with E-state index in [0.29, 0.717) is 13.1 Å². The summed E-state index contributed by atoms with van der Waals surface area (Å²) in [5, 5.41) is 123. The molecule has 0 radical (unpaired) electrons. The summed E-state index contributed by atoms with van der Waals surface area (Å²) in [6.45, 7) is 0.944. The third kappa shape index (κ3) is 66800. The maximum Gasteiger partial charge on any atom is 0.631 e. The average molecular weight is 687 g/mol. The summed E-state index contributed by atoms with van der Waals surface area (Å²) < 4.78 is 0. The van der Waals surface area contributed by atoms with Crippen molar-refractivity contribution >= 4 is 36.6 Å². The highest BCUT2D eigenvalue weighted by atomic mass is 16.5. The summed E-state index contributed by atoms with van der Waals surface area (Å²) in [6.07, 6.45) is 0. The van der Waals surface area contributed by atoms with Gasteiger partial charge in [0.15, 0.2) is 0 Å². The third-order valence-corrected chi connectivity index (χ3v) is 0.258. The maximum absolute atomic E-state index is 7.75. The molecule has 0 aliphatic carbocycles. The first-order valence-corrected chi connectivity index (χ1v) is 6.32. The number of nitrogens with two attached hydrogens (primary N) is 2. The number of hydrogen-bond donors (Lipinski definition) is 34. The van der Waals surface area contributed by atoms with Crippen LogP contribution in [-0.2, 0) is 0 Å². The Morgan fingerprint density at radius 1 is 0.256 bits per heavy atom. The predicted octanol–water partition coefficient (Wildman–Crippen LogP) is -9.95. The van der Waals surface area contributed by atoms with Crippen LogP contribution in [0.5, 0.6) is 0 Å². The summed E-state index contributed by atoms with van der Waals surface area (Å²) in [5.41, 5.74) is 9.56. The Bertz CT molecular complexity index is 170. The van der Waals surface area contributed by atoms with Crippen LogP contribution >= 0.6 is 0 Å². The zero-order valence-corrected chi connectivity index (χ0v) is 25.1. The van der Waals surface area contributed by atoms with Crippen LogP contribution in [0.15, 0.2) is 0 Å². The first-order valence-electron chi connectivity index (χ1n) is 6.32. The van der Waals surface area contributed by atoms with Gasteiger partial charge in [-0.05, 0) is 0 Å². The molecule has 0 aliphatic heterocycles. The van der Waals surface area contributed by atoms with Crippen LogP contribution in [0.1, 0.15) is 0 Å². The molecule has 0 atom stereocenters. The highest BCUT2D eigenvalue weighted by Gasteiger charge is 1.94. The van der Waals surface area contributed by atoms with Gasteiger partial charge in [0.25, 0.3) is 0 Å². The molecule has 0 aromatic rings. The fraction of sp³-hybridized carbons (Fsp3) is 1.00. The van der Waals surface area contributed by atoms with Crippen molar-refractivity contribution in [3.8, 4) is 0 Å². The van der Waals surface area contributed by atoms with Gasteiger partial charge >= 0.3 is 36.6 Å². The minimum absolute atomic E-state index is 0. The molecule has 0 heterocycles. The predicted molar refractivity (Wildman–Crippen MR) is 170 cm³/mol. The van der Waals surface area contributed by atoms with Crippen LogP contribution in [0, 0.1) is 0 Å². The van der Waals surface area contributed by atoms with E-state index >= 15 is 0 Å². The normalized spacial score (nSPS) is 4.53. The highest BCUT2D eigenvalue weighted by Crippen LogP contribution is 1.42. The number of aliphatic hydroxyl groups excluding tert-OH is 2. The molecular formula is C4H74B5N17O17. The summed E-state index contributed by atoms with van der Waals surface area (Å²) in [5.74, 6) is 0. The van der Waals surface area contributed by atoms with Gasteiger partial charge in [-0.25, -0.2) is 0 Å². The minimum atomic E-state index is -2.17. The molecule has 0 bridgehead atoms. The van der Waals surface area contributed by atoms with E-state index in [1.807, 2.05) is 0 Å². The van der Waals surface area contributed by atoms with E-state index in [0.717, 1.165) is 0 Å². The van der Waals surface area contributed by atoms with E-state index in [9.17, 15) is 0 Å². The number of rotatable bonds is 2. The number of aliphatic hydroxyl groups is 2. The molecule has 39 heteroatoms. The van der Waals surface area contributed by atoms with Gasteiger partial charge in [0.05, 0.1) is 13.2 Å². The van der Waals surface area contributed by atoms with Gasteiger partial charge in [0, 0.05) is 13.1 Å². The van der Waals surface area contributed by atoms with Crippen LogP contribution in [0.3, 0.4) is 0 Å². The standard InChI is InChI=1S/2C2H7NO.5BH3O3.15H3N/c2*3-1-2-4;5*2-1(3)4;;;;;;;;;;;;;;;/h2*4H,1-3H2;5*2-4H;15*1H3. The summed E-state index contributed by atoms with van der Waals surface area (Å²) in [6, 6.07) is 0. The Kier molecular flexibility index (Phi) is 833. The van der Waals surface area contributed by atoms with Gasteiger partial charge in [0.2, 0.25) is 0 Å². The lowest BCUT2D eigenvalue weighted by molar-refractivity contribution is 0.276. The van der Waals surface area contributed by atoms with E-state index in [1.54, 1.807) is 0 Å². The monoisotopic (exact) mass is 688 g/mol. The molecule has 0 aromatic heterocycles. The Labute approximate surface area is 253 Å². The van der Waals surface area contributed by atoms with E-state index in [4.69, 9.17) is 97.0 Å². The lowest BCUT2D eigenvalue weighted by atomic mass is 10.3. The minimum Gasteiger partial charge on any atom is -0.402 e. The van der Waals surface area contributed by atoms with Crippen molar-refractivity contribution in [2.24, 2.45) is 11.5 Å². The van der Waals surface area contributed by atoms with E-state index in [2.05, 4.69) is 0 Å². The quantitative estimate of drug-likeness (QED) is 0.120. The highest BCUT2D eigenvalue weighted by molar-refractivity contribution is 6.31. The average Bonchev–Trinajstić information content (AvgIpc) is 2.44. The van der Waals surface area contributed by atoms with Gasteiger partial charge in [-0.3, -0.25) is 0 Å². The van der Waals surface area contributed by atoms with Crippen molar-refractivity contribution in [3.63, 3.8) is 0 Å². The van der Waals surface area contributed by atoms with Gasteiger partial charge in [-0.2, -0.15) is 0 Å². The molecule has 0 unspecified atom stereocenters. The second-order valence-electron chi connectivity index (χ2n) is 2.76. The fourth-order valence-corrected chi connectivity index (χ4v) is 0. The zero-order valence-electron chi connectivity index (χ0n) is 25.1. The van der Waals surface area contributed by atoms with Gasteiger partial charge in [-0.15, -0.1) is 0 Å². The van der Waals surface area contributed by atoms with Crippen molar-refractivity contribution in [3.05, 3.63) is 0 Å². The van der Waals surface area contributed by atoms with Crippen molar-refractivity contribution in [1.82, 2.24) is 92.3 Å². The van der Waals surface area contributed by atoms with Crippen molar-refractivity contribution in [2.45, 2.75) is 0 Å². The first kappa shape index (κ1) is 177. The topological polar surface area (TPSA) is 921 Å². The van der Waals surface area contributed by atoms with Crippen molar-refractivity contribution in [1.29, 1.82) is 0 Å². The molecule has 292 valence electrons. The van der Waals surface area contributed by atoms with E-state index in [1.165, 1.54) is 0 Å². The second kappa shape index (κ2) is 203. The number of hydrogen-bond acceptors (Lipinski definition) is 34. The van der Waals surface area contributed by atoms with Crippen molar-refractivity contribution in [2.75, 3.05) is 26.3 Å². The second-order valence-corrected chi connectivity index (χ2v) is 2.76. The smallest absolute Gasteiger partial charge is 0.402 e. The summed E-state index contributed by atoms with van der Waals surface area (Å²) in [7, 11) is -10.8. The zero-order chi connectivity index (χ0) is 24.7. The van der Waals surface area contributed by atoms with E-state index < -0.39 is 36.6 Å². The largest absolute Gasteiger partial charge is 0.631 e. The van der Waals surface area contributed by atoms with Gasteiger partial charge in [-0.1, -0.05) is 0 Å². The molecule has 0 amide bonds. The molecule has 0 aromatic carbocycles. The molecule has 0 aliphatic rings. The van der Waals surface area contributed by atoms with Gasteiger partial charge in [0.1, 0.15) is 0 Å². The molecule has 0 saturated carbocycles. The van der Waals surface area contributed by atoms with Crippen LogP contribution in [0.2, 0.25) is 0 Å². The van der Waals surface area contributed by atoms with E-state index in [-0.39, 0.29) is 105 Å². The van der Waals surface area contributed by atoms with Crippen LogP contribution < -0.4 is 104 Å². The molecule has 43 heavy (non-hydrogen) atoms. The molecule has 0 rings (SSSR count). The molecule has 34 nitrogen and oxygen atoms in total. The Hall–Kier alpha value is -1.04. The lowest BCUT2D eigenvalue weighted by Crippen LogP contribution is -2.07. The molecule has 0 spiro atoms. The molecule has 0 fully saturated rings. The lowest BCUT2D eigenvalue weighted by Gasteiger charge is -1.71. The Morgan fingerprint density at radius 2 is 0.279 bits per heavy atom. The summed E-state index contributed by atoms with van der Waals surface area (Å²) >= 11 is 0.